The predicted molar refractivity (Wildman–Crippen MR) is 98.9 cm³/mol. The van der Waals surface area contributed by atoms with Gasteiger partial charge in [0.1, 0.15) is 5.75 Å². The molecule has 0 unspecified atom stereocenters. The second-order valence-corrected chi connectivity index (χ2v) is 6.98. The summed E-state index contributed by atoms with van der Waals surface area (Å²) in [6, 6.07) is 14.0. The van der Waals surface area contributed by atoms with Gasteiger partial charge >= 0.3 is 5.97 Å². The number of hydrogen-bond donors (Lipinski definition) is 1. The Morgan fingerprint density at radius 3 is 2.26 bits per heavy atom. The smallest absolute Gasteiger partial charge is 0.347 e. The Labute approximate surface area is 157 Å². The number of imide groups is 1. The fourth-order valence-electron chi connectivity index (χ4n) is 2.99. The Hall–Kier alpha value is -3.15. The molecule has 0 saturated heterocycles. The van der Waals surface area contributed by atoms with E-state index in [-0.39, 0.29) is 11.8 Å². The van der Waals surface area contributed by atoms with Gasteiger partial charge in [-0.05, 0) is 56.5 Å². The first-order valence-electron chi connectivity index (χ1n) is 8.76. The van der Waals surface area contributed by atoms with Crippen molar-refractivity contribution in [1.29, 1.82) is 0 Å². The molecule has 0 spiro atoms. The number of aryl methyl sites for hydroxylation is 1. The Balaban J connectivity index is 1.60. The Kier molecular flexibility index (Phi) is 4.99. The van der Waals surface area contributed by atoms with Crippen molar-refractivity contribution in [2.24, 2.45) is 0 Å². The number of hydrogen-bond acceptors (Lipinski definition) is 4. The average Bonchev–Trinajstić information content (AvgIpc) is 2.87. The van der Waals surface area contributed by atoms with E-state index in [4.69, 9.17) is 9.84 Å². The van der Waals surface area contributed by atoms with E-state index in [0.717, 1.165) is 5.56 Å². The number of carbonyl (C=O) groups excluding carboxylic acids is 2. The molecule has 2 aromatic carbocycles. The summed E-state index contributed by atoms with van der Waals surface area (Å²) in [6.45, 7) is 3.31. The van der Waals surface area contributed by atoms with Crippen LogP contribution in [0.5, 0.6) is 5.75 Å². The Morgan fingerprint density at radius 2 is 1.67 bits per heavy atom. The number of carboxylic acid groups (broad SMARTS) is 1. The van der Waals surface area contributed by atoms with Crippen LogP contribution >= 0.6 is 0 Å². The van der Waals surface area contributed by atoms with Crippen molar-refractivity contribution in [3.05, 3.63) is 65.2 Å². The fourth-order valence-corrected chi connectivity index (χ4v) is 2.99. The number of benzene rings is 2. The molecular formula is C21H21NO5. The lowest BCUT2D eigenvalue weighted by molar-refractivity contribution is -0.152. The third-order valence-corrected chi connectivity index (χ3v) is 4.51. The van der Waals surface area contributed by atoms with Crippen molar-refractivity contribution >= 4 is 17.8 Å². The lowest BCUT2D eigenvalue weighted by Crippen LogP contribution is -2.37. The maximum Gasteiger partial charge on any atom is 0.347 e. The van der Waals surface area contributed by atoms with Crippen LogP contribution in [0.4, 0.5) is 0 Å². The molecule has 1 aliphatic rings. The summed E-state index contributed by atoms with van der Waals surface area (Å²) in [5, 5.41) is 9.16. The van der Waals surface area contributed by atoms with Gasteiger partial charge in [-0.3, -0.25) is 14.5 Å². The van der Waals surface area contributed by atoms with Gasteiger partial charge in [-0.15, -0.1) is 0 Å². The van der Waals surface area contributed by atoms with Gasteiger partial charge in [0, 0.05) is 6.54 Å². The lowest BCUT2D eigenvalue weighted by atomic mass is 10.1. The van der Waals surface area contributed by atoms with E-state index in [9.17, 15) is 14.4 Å². The Bertz CT molecular complexity index is 868. The van der Waals surface area contributed by atoms with E-state index >= 15 is 0 Å². The van der Waals surface area contributed by atoms with Crippen molar-refractivity contribution in [3.8, 4) is 5.75 Å². The third kappa shape index (κ3) is 3.84. The topological polar surface area (TPSA) is 83.9 Å². The molecule has 2 aromatic rings. The Morgan fingerprint density at radius 1 is 1.04 bits per heavy atom. The van der Waals surface area contributed by atoms with Crippen molar-refractivity contribution in [2.45, 2.75) is 32.3 Å². The van der Waals surface area contributed by atoms with Gasteiger partial charge < -0.3 is 9.84 Å². The molecule has 0 radical (unpaired) electrons. The summed E-state index contributed by atoms with van der Waals surface area (Å²) >= 11 is 0. The first-order chi connectivity index (χ1) is 12.8. The van der Waals surface area contributed by atoms with Crippen LogP contribution in [0.25, 0.3) is 0 Å². The van der Waals surface area contributed by atoms with Gasteiger partial charge in [0.2, 0.25) is 0 Å². The van der Waals surface area contributed by atoms with E-state index < -0.39 is 11.6 Å². The van der Waals surface area contributed by atoms with Crippen molar-refractivity contribution in [1.82, 2.24) is 4.90 Å². The highest BCUT2D eigenvalue weighted by atomic mass is 16.5. The van der Waals surface area contributed by atoms with Gasteiger partial charge in [0.05, 0.1) is 11.1 Å². The number of rotatable bonds is 7. The van der Waals surface area contributed by atoms with Crippen molar-refractivity contribution in [3.63, 3.8) is 0 Å². The maximum atomic E-state index is 12.4. The number of carboxylic acids is 1. The van der Waals surface area contributed by atoms with Crippen LogP contribution in [0.3, 0.4) is 0 Å². The second-order valence-electron chi connectivity index (χ2n) is 6.98. The third-order valence-electron chi connectivity index (χ3n) is 4.51. The van der Waals surface area contributed by atoms with E-state index in [1.165, 1.54) is 18.7 Å². The van der Waals surface area contributed by atoms with Gasteiger partial charge in [0.15, 0.2) is 5.60 Å². The van der Waals surface area contributed by atoms with E-state index in [0.29, 0.717) is 36.3 Å². The van der Waals surface area contributed by atoms with Gasteiger partial charge in [-0.1, -0.05) is 24.3 Å². The first kappa shape index (κ1) is 18.6. The minimum atomic E-state index is -1.32. The number of amides is 2. The van der Waals surface area contributed by atoms with E-state index in [2.05, 4.69) is 0 Å². The van der Waals surface area contributed by atoms with Crippen LogP contribution < -0.4 is 4.74 Å². The molecule has 6 heteroatoms. The monoisotopic (exact) mass is 367 g/mol. The van der Waals surface area contributed by atoms with Crippen LogP contribution in [-0.4, -0.2) is 39.9 Å². The van der Waals surface area contributed by atoms with Gasteiger partial charge in [-0.2, -0.15) is 0 Å². The van der Waals surface area contributed by atoms with Crippen LogP contribution in [0, 0.1) is 0 Å². The number of aliphatic carboxylic acids is 1. The minimum absolute atomic E-state index is 0.254. The molecule has 0 bridgehead atoms. The van der Waals surface area contributed by atoms with Crippen LogP contribution in [0.2, 0.25) is 0 Å². The molecule has 1 aliphatic heterocycles. The highest BCUT2D eigenvalue weighted by Crippen LogP contribution is 2.24. The van der Waals surface area contributed by atoms with Gasteiger partial charge in [-0.25, -0.2) is 4.79 Å². The summed E-state index contributed by atoms with van der Waals surface area (Å²) in [6.07, 6.45) is 1.25. The lowest BCUT2D eigenvalue weighted by Gasteiger charge is -2.21. The zero-order valence-electron chi connectivity index (χ0n) is 15.3. The standard InChI is InChI=1S/C21H21NO5/c1-21(2,20(25)26)27-15-9-5-7-14(13-15)8-6-12-22-18(23)16-10-3-4-11-17(16)19(22)24/h3-5,7,9-11,13H,6,8,12H2,1-2H3,(H,25,26). The first-order valence-corrected chi connectivity index (χ1v) is 8.76. The zero-order chi connectivity index (χ0) is 19.6. The molecular weight excluding hydrogens is 346 g/mol. The molecule has 0 atom stereocenters. The highest BCUT2D eigenvalue weighted by Gasteiger charge is 2.34. The second kappa shape index (κ2) is 7.23. The normalized spacial score (nSPS) is 13.6. The number of nitrogens with zero attached hydrogens (tertiary/aromatic N) is 1. The molecule has 0 aliphatic carbocycles. The van der Waals surface area contributed by atoms with E-state index in [1.807, 2.05) is 6.07 Å². The van der Waals surface area contributed by atoms with Crippen LogP contribution in [-0.2, 0) is 11.2 Å². The maximum absolute atomic E-state index is 12.4. The molecule has 1 N–H and O–H groups in total. The van der Waals surface area contributed by atoms with Crippen molar-refractivity contribution in [2.75, 3.05) is 6.54 Å². The van der Waals surface area contributed by atoms with E-state index in [1.54, 1.807) is 42.5 Å². The van der Waals surface area contributed by atoms with Crippen LogP contribution in [0.1, 0.15) is 46.5 Å². The molecule has 0 fully saturated rings. The fraction of sp³-hybridized carbons (Fsp3) is 0.286. The molecule has 1 heterocycles. The average molecular weight is 367 g/mol. The summed E-state index contributed by atoms with van der Waals surface area (Å²) in [5.41, 5.74) is 0.534. The molecule has 3 rings (SSSR count). The summed E-state index contributed by atoms with van der Waals surface area (Å²) in [7, 11) is 0. The number of fused-ring (bicyclic) bond motifs is 1. The molecule has 2 amide bonds. The predicted octanol–water partition coefficient (Wildman–Crippen LogP) is 3.16. The zero-order valence-corrected chi connectivity index (χ0v) is 15.3. The summed E-state index contributed by atoms with van der Waals surface area (Å²) in [4.78, 5) is 37.2. The minimum Gasteiger partial charge on any atom is -0.478 e. The molecule has 6 nitrogen and oxygen atoms in total. The summed E-state index contributed by atoms with van der Waals surface area (Å²) in [5.74, 6) is -1.08. The molecule has 0 aromatic heterocycles. The van der Waals surface area contributed by atoms with Gasteiger partial charge in [0.25, 0.3) is 11.8 Å². The largest absolute Gasteiger partial charge is 0.478 e. The highest BCUT2D eigenvalue weighted by molar-refractivity contribution is 6.21. The molecule has 140 valence electrons. The summed E-state index contributed by atoms with van der Waals surface area (Å²) < 4.78 is 5.54. The van der Waals surface area contributed by atoms with Crippen LogP contribution in [0.15, 0.2) is 48.5 Å². The number of carbonyl (C=O) groups is 3. The number of ether oxygens (including phenoxy) is 1. The van der Waals surface area contributed by atoms with Crippen molar-refractivity contribution < 1.29 is 24.2 Å². The quantitative estimate of drug-likeness (QED) is 0.760. The molecule has 27 heavy (non-hydrogen) atoms. The molecule has 0 saturated carbocycles. The SMILES string of the molecule is CC(C)(Oc1cccc(CCCN2C(=O)c3ccccc3C2=O)c1)C(=O)O.